The summed E-state index contributed by atoms with van der Waals surface area (Å²) in [4.78, 5) is 12.8. The average molecular weight is 577 g/mol. The lowest BCUT2D eigenvalue weighted by molar-refractivity contribution is -0.330. The fourth-order valence-corrected chi connectivity index (χ4v) is 5.02. The highest BCUT2D eigenvalue weighted by Crippen LogP contribution is 2.31. The van der Waals surface area contributed by atoms with Crippen LogP contribution < -0.4 is 0 Å². The van der Waals surface area contributed by atoms with Crippen LogP contribution in [0.2, 0.25) is 0 Å². The molecule has 3 aromatic rings. The van der Waals surface area contributed by atoms with Gasteiger partial charge in [-0.15, -0.1) is 0 Å². The van der Waals surface area contributed by atoms with Gasteiger partial charge in [0.25, 0.3) is 0 Å². The van der Waals surface area contributed by atoms with E-state index in [4.69, 9.17) is 28.4 Å². The maximum atomic E-state index is 12.8. The molecule has 2 heterocycles. The molecule has 9 nitrogen and oxygen atoms in total. The summed E-state index contributed by atoms with van der Waals surface area (Å²) in [5.74, 6) is -0.561. The molecular weight excluding hydrogens is 540 g/mol. The second kappa shape index (κ2) is 14.6. The molecule has 42 heavy (non-hydrogen) atoms. The Hall–Kier alpha value is -3.57. The number of esters is 1. The van der Waals surface area contributed by atoms with Crippen molar-refractivity contribution in [2.24, 2.45) is 0 Å². The zero-order valence-electron chi connectivity index (χ0n) is 23.3. The minimum absolute atomic E-state index is 0.235. The number of aliphatic hydroxyl groups excluding tert-OH is 2. The van der Waals surface area contributed by atoms with Crippen LogP contribution in [0, 0.1) is 0 Å². The van der Waals surface area contributed by atoms with Crippen LogP contribution in [0.4, 0.5) is 0 Å². The molecule has 0 bridgehead atoms. The Morgan fingerprint density at radius 2 is 1.38 bits per heavy atom. The van der Waals surface area contributed by atoms with E-state index in [2.05, 4.69) is 0 Å². The SMILES string of the molecule is C[C@@H]1O[C@H](O[C@H]2[C@H](OC(=O)c3ccccc3)C=CO[C@@H]2CO)[C@H](O)[C@H](OCc2ccccc2)[C@H]1OCc1ccccc1. The molecule has 0 saturated carbocycles. The number of carbonyl (C=O) groups is 1. The van der Waals surface area contributed by atoms with Crippen molar-refractivity contribution >= 4 is 5.97 Å². The number of benzene rings is 3. The van der Waals surface area contributed by atoms with Crippen molar-refractivity contribution in [3.05, 3.63) is 120 Å². The third kappa shape index (κ3) is 7.43. The van der Waals surface area contributed by atoms with Crippen molar-refractivity contribution in [1.29, 1.82) is 0 Å². The highest BCUT2D eigenvalue weighted by molar-refractivity contribution is 5.89. The largest absolute Gasteiger partial charge is 0.493 e. The molecule has 5 rings (SSSR count). The number of hydrogen-bond acceptors (Lipinski definition) is 9. The smallest absolute Gasteiger partial charge is 0.338 e. The minimum atomic E-state index is -1.28. The predicted molar refractivity (Wildman–Crippen MR) is 152 cm³/mol. The second-order valence-electron chi connectivity index (χ2n) is 10.2. The molecule has 0 amide bonds. The normalized spacial score (nSPS) is 29.0. The highest BCUT2D eigenvalue weighted by atomic mass is 16.7. The number of rotatable bonds is 11. The molecule has 1 saturated heterocycles. The average Bonchev–Trinajstić information content (AvgIpc) is 3.03. The van der Waals surface area contributed by atoms with Crippen molar-refractivity contribution in [2.45, 2.75) is 69.2 Å². The molecule has 0 spiro atoms. The number of carbonyl (C=O) groups excluding carboxylic acids is 1. The zero-order chi connectivity index (χ0) is 29.3. The van der Waals surface area contributed by atoms with Crippen LogP contribution in [0.5, 0.6) is 0 Å². The minimum Gasteiger partial charge on any atom is -0.493 e. The van der Waals surface area contributed by atoms with Gasteiger partial charge >= 0.3 is 5.97 Å². The Kier molecular flexibility index (Phi) is 10.4. The molecule has 8 atom stereocenters. The Bertz CT molecular complexity index is 1270. The van der Waals surface area contributed by atoms with Gasteiger partial charge in [0, 0.05) is 0 Å². The van der Waals surface area contributed by atoms with Crippen LogP contribution in [0.25, 0.3) is 0 Å². The number of aliphatic hydroxyl groups is 2. The van der Waals surface area contributed by atoms with Crippen molar-refractivity contribution in [2.75, 3.05) is 6.61 Å². The van der Waals surface area contributed by atoms with Gasteiger partial charge in [-0.3, -0.25) is 0 Å². The molecule has 3 aromatic carbocycles. The van der Waals surface area contributed by atoms with E-state index >= 15 is 0 Å². The summed E-state index contributed by atoms with van der Waals surface area (Å²) in [6.45, 7) is 1.95. The monoisotopic (exact) mass is 576 g/mol. The maximum absolute atomic E-state index is 12.8. The second-order valence-corrected chi connectivity index (χ2v) is 10.2. The summed E-state index contributed by atoms with van der Waals surface area (Å²) in [6.07, 6.45) is -4.30. The molecule has 1 fully saturated rings. The summed E-state index contributed by atoms with van der Waals surface area (Å²) in [7, 11) is 0. The maximum Gasteiger partial charge on any atom is 0.338 e. The van der Waals surface area contributed by atoms with E-state index in [1.54, 1.807) is 30.3 Å². The summed E-state index contributed by atoms with van der Waals surface area (Å²) in [6, 6.07) is 27.9. The fraction of sp³-hybridized carbons (Fsp3) is 0.364. The lowest BCUT2D eigenvalue weighted by Gasteiger charge is -2.45. The predicted octanol–water partition coefficient (Wildman–Crippen LogP) is 3.78. The molecule has 2 N–H and O–H groups in total. The highest BCUT2D eigenvalue weighted by Gasteiger charge is 2.48. The van der Waals surface area contributed by atoms with Gasteiger partial charge < -0.3 is 38.6 Å². The number of ether oxygens (including phenoxy) is 6. The number of hydrogen-bond donors (Lipinski definition) is 2. The third-order valence-electron chi connectivity index (χ3n) is 7.26. The van der Waals surface area contributed by atoms with E-state index in [1.165, 1.54) is 12.3 Å². The van der Waals surface area contributed by atoms with Gasteiger partial charge in [-0.05, 0) is 36.3 Å². The Labute approximate surface area is 245 Å². The van der Waals surface area contributed by atoms with Crippen LogP contribution in [0.15, 0.2) is 103 Å². The van der Waals surface area contributed by atoms with Gasteiger partial charge in [0.1, 0.15) is 24.4 Å². The van der Waals surface area contributed by atoms with Crippen LogP contribution in [-0.4, -0.2) is 71.8 Å². The molecular formula is C33H36O9. The van der Waals surface area contributed by atoms with Crippen molar-refractivity contribution in [1.82, 2.24) is 0 Å². The van der Waals surface area contributed by atoms with E-state index in [1.807, 2.05) is 67.6 Å². The van der Waals surface area contributed by atoms with Crippen molar-refractivity contribution in [3.63, 3.8) is 0 Å². The lowest BCUT2D eigenvalue weighted by atomic mass is 9.98. The Morgan fingerprint density at radius 1 is 0.810 bits per heavy atom. The summed E-state index contributed by atoms with van der Waals surface area (Å²) in [5.41, 5.74) is 2.27. The first-order chi connectivity index (χ1) is 20.5. The quantitative estimate of drug-likeness (QED) is 0.329. The van der Waals surface area contributed by atoms with Crippen LogP contribution in [0.1, 0.15) is 28.4 Å². The van der Waals surface area contributed by atoms with Gasteiger partial charge in [0.05, 0.1) is 37.8 Å². The molecule has 2 aliphatic rings. The van der Waals surface area contributed by atoms with E-state index in [-0.39, 0.29) is 6.61 Å². The van der Waals surface area contributed by atoms with Crippen LogP contribution in [0.3, 0.4) is 0 Å². The van der Waals surface area contributed by atoms with Gasteiger partial charge in [-0.1, -0.05) is 78.9 Å². The molecule has 0 unspecified atom stereocenters. The molecule has 0 aromatic heterocycles. The third-order valence-corrected chi connectivity index (χ3v) is 7.26. The van der Waals surface area contributed by atoms with Crippen molar-refractivity contribution < 1.29 is 43.4 Å². The van der Waals surface area contributed by atoms with E-state index in [0.29, 0.717) is 12.2 Å². The van der Waals surface area contributed by atoms with E-state index in [0.717, 1.165) is 11.1 Å². The molecule has 0 aliphatic carbocycles. The zero-order valence-corrected chi connectivity index (χ0v) is 23.3. The Balaban J connectivity index is 1.33. The first kappa shape index (κ1) is 29.9. The van der Waals surface area contributed by atoms with Crippen molar-refractivity contribution in [3.8, 4) is 0 Å². The molecule has 2 aliphatic heterocycles. The van der Waals surface area contributed by atoms with Crippen LogP contribution >= 0.6 is 0 Å². The summed E-state index contributed by atoms with van der Waals surface area (Å²) < 4.78 is 36.2. The van der Waals surface area contributed by atoms with Gasteiger partial charge in [0.15, 0.2) is 18.5 Å². The first-order valence-corrected chi connectivity index (χ1v) is 14.0. The summed E-state index contributed by atoms with van der Waals surface area (Å²) >= 11 is 0. The lowest BCUT2D eigenvalue weighted by Crippen LogP contribution is -2.61. The fourth-order valence-electron chi connectivity index (χ4n) is 5.02. The van der Waals surface area contributed by atoms with Crippen LogP contribution in [-0.2, 0) is 41.6 Å². The molecule has 222 valence electrons. The topological polar surface area (TPSA) is 113 Å². The first-order valence-electron chi connectivity index (χ1n) is 14.0. The van der Waals surface area contributed by atoms with Gasteiger partial charge in [0.2, 0.25) is 0 Å². The van der Waals surface area contributed by atoms with Gasteiger partial charge in [-0.25, -0.2) is 4.79 Å². The Morgan fingerprint density at radius 3 is 1.98 bits per heavy atom. The molecule has 9 heteroatoms. The molecule has 0 radical (unpaired) electrons. The van der Waals surface area contributed by atoms with E-state index < -0.39 is 61.6 Å². The van der Waals surface area contributed by atoms with Gasteiger partial charge in [-0.2, -0.15) is 0 Å². The standard InChI is InChI=1S/C33H36O9/c1-22-29(38-20-23-11-5-2-6-12-23)31(39-21-24-13-7-3-8-14-24)28(35)33(40-22)42-30-26(17-18-37-27(30)19-34)41-32(36)25-15-9-4-10-16-25/h2-18,22,26-31,33-35H,19-21H2,1H3/t22-,26+,27+,28+,29-,30-,31-,33+/m0/s1. The summed E-state index contributed by atoms with van der Waals surface area (Å²) in [5, 5.41) is 21.6. The van der Waals surface area contributed by atoms with E-state index in [9.17, 15) is 15.0 Å².